The van der Waals surface area contributed by atoms with Gasteiger partial charge in [0.25, 0.3) is 0 Å². The quantitative estimate of drug-likeness (QED) is 0.629. The van der Waals surface area contributed by atoms with E-state index in [0.29, 0.717) is 25.4 Å². The van der Waals surface area contributed by atoms with Gasteiger partial charge in [0.2, 0.25) is 10.0 Å². The second kappa shape index (κ2) is 9.73. The van der Waals surface area contributed by atoms with Crippen LogP contribution in [0.1, 0.15) is 16.7 Å². The van der Waals surface area contributed by atoms with Crippen LogP contribution in [-0.4, -0.2) is 42.4 Å². The Labute approximate surface area is 161 Å². The molecule has 2 rings (SSSR count). The van der Waals surface area contributed by atoms with Crippen LogP contribution < -0.4 is 14.2 Å². The molecule has 0 aromatic heterocycles. The molecular formula is C20H27NO5S. The minimum absolute atomic E-state index is 0.218. The molecule has 0 saturated heterocycles. The van der Waals surface area contributed by atoms with Crippen molar-refractivity contribution >= 4 is 10.0 Å². The van der Waals surface area contributed by atoms with Gasteiger partial charge in [-0.05, 0) is 55.7 Å². The van der Waals surface area contributed by atoms with Crippen molar-refractivity contribution in [3.63, 3.8) is 0 Å². The average Bonchev–Trinajstić information content (AvgIpc) is 2.63. The van der Waals surface area contributed by atoms with E-state index in [1.54, 1.807) is 32.4 Å². The van der Waals surface area contributed by atoms with Gasteiger partial charge in [0, 0.05) is 13.7 Å². The number of nitrogens with one attached hydrogen (secondary N) is 1. The topological polar surface area (TPSA) is 73.9 Å². The Morgan fingerprint density at radius 1 is 0.963 bits per heavy atom. The first kappa shape index (κ1) is 21.2. The summed E-state index contributed by atoms with van der Waals surface area (Å²) >= 11 is 0. The van der Waals surface area contributed by atoms with Gasteiger partial charge in [-0.2, -0.15) is 0 Å². The second-order valence-electron chi connectivity index (χ2n) is 6.23. The lowest BCUT2D eigenvalue weighted by molar-refractivity contribution is 0.146. The Kier molecular flexibility index (Phi) is 7.65. The van der Waals surface area contributed by atoms with Crippen molar-refractivity contribution in [1.29, 1.82) is 0 Å². The normalized spacial score (nSPS) is 11.4. The average molecular weight is 394 g/mol. The zero-order chi connectivity index (χ0) is 19.9. The van der Waals surface area contributed by atoms with Crippen LogP contribution in [-0.2, 0) is 21.2 Å². The molecule has 0 atom stereocenters. The standard InChI is InChI=1S/C20H27NO5S/c1-15-5-7-20(25-4)17(13-15)9-10-21-27(22,23)18-6-8-19(16(2)14-18)26-12-11-24-3/h5-8,13-14,21H,9-12H2,1-4H3. The molecular weight excluding hydrogens is 366 g/mol. The predicted octanol–water partition coefficient (Wildman–Crippen LogP) is 2.86. The van der Waals surface area contributed by atoms with Gasteiger partial charge >= 0.3 is 0 Å². The number of hydrogen-bond acceptors (Lipinski definition) is 5. The van der Waals surface area contributed by atoms with Gasteiger partial charge in [-0.1, -0.05) is 17.7 Å². The lowest BCUT2D eigenvalue weighted by Gasteiger charge is -2.12. The summed E-state index contributed by atoms with van der Waals surface area (Å²) in [6, 6.07) is 10.7. The van der Waals surface area contributed by atoms with Crippen molar-refractivity contribution in [3.8, 4) is 11.5 Å². The fourth-order valence-electron chi connectivity index (χ4n) is 2.69. The second-order valence-corrected chi connectivity index (χ2v) is 8.00. The van der Waals surface area contributed by atoms with Crippen LogP contribution in [0.3, 0.4) is 0 Å². The van der Waals surface area contributed by atoms with Crippen molar-refractivity contribution in [2.45, 2.75) is 25.2 Å². The Morgan fingerprint density at radius 3 is 2.37 bits per heavy atom. The fourth-order valence-corrected chi connectivity index (χ4v) is 3.81. The van der Waals surface area contributed by atoms with Crippen LogP contribution in [0.2, 0.25) is 0 Å². The molecule has 148 valence electrons. The Morgan fingerprint density at radius 2 is 1.70 bits per heavy atom. The van der Waals surface area contributed by atoms with Crippen LogP contribution >= 0.6 is 0 Å². The highest BCUT2D eigenvalue weighted by molar-refractivity contribution is 7.89. The summed E-state index contributed by atoms with van der Waals surface area (Å²) in [7, 11) is -0.386. The molecule has 0 heterocycles. The first-order chi connectivity index (χ1) is 12.9. The lowest BCUT2D eigenvalue weighted by Crippen LogP contribution is -2.26. The van der Waals surface area contributed by atoms with Crippen LogP contribution in [0.15, 0.2) is 41.3 Å². The molecule has 0 bridgehead atoms. The molecule has 0 saturated carbocycles. The molecule has 2 aromatic rings. The van der Waals surface area contributed by atoms with E-state index in [2.05, 4.69) is 4.72 Å². The molecule has 2 aromatic carbocycles. The molecule has 0 unspecified atom stereocenters. The molecule has 27 heavy (non-hydrogen) atoms. The summed E-state index contributed by atoms with van der Waals surface area (Å²) in [6.45, 7) is 4.99. The Hall–Kier alpha value is -2.09. The largest absolute Gasteiger partial charge is 0.496 e. The molecule has 0 spiro atoms. The minimum atomic E-state index is -3.60. The summed E-state index contributed by atoms with van der Waals surface area (Å²) in [6.07, 6.45) is 0.543. The summed E-state index contributed by atoms with van der Waals surface area (Å²) in [5.74, 6) is 1.41. The fraction of sp³-hybridized carbons (Fsp3) is 0.400. The van der Waals surface area contributed by atoms with E-state index in [9.17, 15) is 8.42 Å². The van der Waals surface area contributed by atoms with Gasteiger partial charge in [-0.15, -0.1) is 0 Å². The molecule has 0 fully saturated rings. The number of sulfonamides is 1. The third-order valence-electron chi connectivity index (χ3n) is 4.12. The SMILES string of the molecule is COCCOc1ccc(S(=O)(=O)NCCc2cc(C)ccc2OC)cc1C. The van der Waals surface area contributed by atoms with Gasteiger partial charge in [0.1, 0.15) is 18.1 Å². The smallest absolute Gasteiger partial charge is 0.240 e. The van der Waals surface area contributed by atoms with Crippen molar-refractivity contribution < 1.29 is 22.6 Å². The number of aryl methyl sites for hydroxylation is 2. The highest BCUT2D eigenvalue weighted by atomic mass is 32.2. The number of methoxy groups -OCH3 is 2. The predicted molar refractivity (Wildman–Crippen MR) is 105 cm³/mol. The van der Waals surface area contributed by atoms with Crippen LogP contribution in [0, 0.1) is 13.8 Å². The van der Waals surface area contributed by atoms with E-state index < -0.39 is 10.0 Å². The maximum absolute atomic E-state index is 12.6. The maximum atomic E-state index is 12.6. The number of ether oxygens (including phenoxy) is 3. The van der Waals surface area contributed by atoms with E-state index in [-0.39, 0.29) is 11.4 Å². The highest BCUT2D eigenvalue weighted by Gasteiger charge is 2.15. The maximum Gasteiger partial charge on any atom is 0.240 e. The molecule has 0 aliphatic carbocycles. The summed E-state index contributed by atoms with van der Waals surface area (Å²) in [5, 5.41) is 0. The van der Waals surface area contributed by atoms with E-state index >= 15 is 0 Å². The van der Waals surface area contributed by atoms with Gasteiger partial charge < -0.3 is 14.2 Å². The van der Waals surface area contributed by atoms with Crippen molar-refractivity contribution in [2.75, 3.05) is 34.0 Å². The molecule has 6 nitrogen and oxygen atoms in total. The van der Waals surface area contributed by atoms with Crippen LogP contribution in [0.4, 0.5) is 0 Å². The number of hydrogen-bond donors (Lipinski definition) is 1. The molecule has 7 heteroatoms. The first-order valence-corrected chi connectivity index (χ1v) is 10.2. The molecule has 0 aliphatic rings. The van der Waals surface area contributed by atoms with Crippen molar-refractivity contribution in [3.05, 3.63) is 53.1 Å². The number of rotatable bonds is 10. The zero-order valence-electron chi connectivity index (χ0n) is 16.2. The van der Waals surface area contributed by atoms with Gasteiger partial charge in [-0.25, -0.2) is 13.1 Å². The summed E-state index contributed by atoms with van der Waals surface area (Å²) < 4.78 is 43.6. The van der Waals surface area contributed by atoms with E-state index in [1.165, 1.54) is 0 Å². The van der Waals surface area contributed by atoms with E-state index in [4.69, 9.17) is 14.2 Å². The van der Waals surface area contributed by atoms with Gasteiger partial charge in [0.05, 0.1) is 18.6 Å². The molecule has 0 amide bonds. The molecule has 0 aliphatic heterocycles. The van der Waals surface area contributed by atoms with Gasteiger partial charge in [0.15, 0.2) is 0 Å². The summed E-state index contributed by atoms with van der Waals surface area (Å²) in [4.78, 5) is 0.218. The highest BCUT2D eigenvalue weighted by Crippen LogP contribution is 2.22. The minimum Gasteiger partial charge on any atom is -0.496 e. The van der Waals surface area contributed by atoms with Gasteiger partial charge in [-0.3, -0.25) is 0 Å². The third-order valence-corrected chi connectivity index (χ3v) is 5.58. The van der Waals surface area contributed by atoms with Crippen molar-refractivity contribution in [2.24, 2.45) is 0 Å². The van der Waals surface area contributed by atoms with Crippen LogP contribution in [0.25, 0.3) is 0 Å². The summed E-state index contributed by atoms with van der Waals surface area (Å²) in [5.41, 5.74) is 2.83. The van der Waals surface area contributed by atoms with E-state index in [0.717, 1.165) is 22.4 Å². The Bertz CT molecular complexity index is 865. The first-order valence-electron chi connectivity index (χ1n) is 8.73. The monoisotopic (exact) mass is 393 g/mol. The van der Waals surface area contributed by atoms with Crippen molar-refractivity contribution in [1.82, 2.24) is 4.72 Å². The van der Waals surface area contributed by atoms with E-state index in [1.807, 2.05) is 32.0 Å². The zero-order valence-corrected chi connectivity index (χ0v) is 17.1. The lowest BCUT2D eigenvalue weighted by atomic mass is 10.1. The number of benzene rings is 2. The molecule has 0 radical (unpaired) electrons. The van der Waals surface area contributed by atoms with Crippen LogP contribution in [0.5, 0.6) is 11.5 Å². The molecule has 1 N–H and O–H groups in total. The third kappa shape index (κ3) is 5.95. The Balaban J connectivity index is 2.02.